The SMILES string of the molecule is CCN(CC)CC1CN(C(=O)CCc2ccccc2C)Cc2ccnn2C1.O=C(O)C(F)(F)F. The highest BCUT2D eigenvalue weighted by Gasteiger charge is 2.38. The second-order valence-electron chi connectivity index (χ2n) is 8.36. The lowest BCUT2D eigenvalue weighted by atomic mass is 10.0. The van der Waals surface area contributed by atoms with Gasteiger partial charge >= 0.3 is 12.1 Å². The number of aromatic nitrogens is 2. The number of hydrogen-bond acceptors (Lipinski definition) is 4. The molecule has 2 heterocycles. The molecule has 2 aromatic rings. The number of rotatable bonds is 7. The first kappa shape index (κ1) is 27.4. The second-order valence-corrected chi connectivity index (χ2v) is 8.36. The van der Waals surface area contributed by atoms with E-state index >= 15 is 0 Å². The van der Waals surface area contributed by atoms with Crippen molar-refractivity contribution in [1.82, 2.24) is 19.6 Å². The number of fused-ring (bicyclic) bond motifs is 1. The third-order valence-corrected chi connectivity index (χ3v) is 5.94. The first-order chi connectivity index (χ1) is 16.0. The molecule has 1 aliphatic heterocycles. The van der Waals surface area contributed by atoms with Gasteiger partial charge in [-0.2, -0.15) is 18.3 Å². The molecule has 1 aliphatic rings. The van der Waals surface area contributed by atoms with Crippen molar-refractivity contribution in [2.75, 3.05) is 26.2 Å². The highest BCUT2D eigenvalue weighted by Crippen LogP contribution is 2.19. The van der Waals surface area contributed by atoms with Crippen molar-refractivity contribution < 1.29 is 27.9 Å². The Morgan fingerprint density at radius 3 is 2.38 bits per heavy atom. The van der Waals surface area contributed by atoms with Crippen LogP contribution in [0.5, 0.6) is 0 Å². The van der Waals surface area contributed by atoms with E-state index < -0.39 is 12.1 Å². The second kappa shape index (κ2) is 12.5. The van der Waals surface area contributed by atoms with Crippen LogP contribution in [-0.2, 0) is 29.1 Å². The highest BCUT2D eigenvalue weighted by molar-refractivity contribution is 5.76. The lowest BCUT2D eigenvalue weighted by Crippen LogP contribution is -2.39. The molecule has 0 aliphatic carbocycles. The Balaban J connectivity index is 0.000000509. The van der Waals surface area contributed by atoms with Crippen molar-refractivity contribution >= 4 is 11.9 Å². The van der Waals surface area contributed by atoms with E-state index in [1.807, 2.05) is 17.2 Å². The van der Waals surface area contributed by atoms with E-state index in [-0.39, 0.29) is 5.91 Å². The number of amides is 1. The van der Waals surface area contributed by atoms with Crippen LogP contribution in [0.4, 0.5) is 13.2 Å². The third kappa shape index (κ3) is 8.16. The van der Waals surface area contributed by atoms with Crippen molar-refractivity contribution in [1.29, 1.82) is 0 Å². The van der Waals surface area contributed by atoms with Gasteiger partial charge in [0.2, 0.25) is 5.91 Å². The van der Waals surface area contributed by atoms with Gasteiger partial charge in [-0.15, -0.1) is 0 Å². The molecule has 0 saturated heterocycles. The Morgan fingerprint density at radius 1 is 1.15 bits per heavy atom. The number of aliphatic carboxylic acids is 1. The van der Waals surface area contributed by atoms with E-state index in [4.69, 9.17) is 9.90 Å². The summed E-state index contributed by atoms with van der Waals surface area (Å²) < 4.78 is 33.8. The maximum absolute atomic E-state index is 13.0. The maximum Gasteiger partial charge on any atom is 0.490 e. The zero-order valence-electron chi connectivity index (χ0n) is 19.9. The first-order valence-corrected chi connectivity index (χ1v) is 11.4. The average Bonchev–Trinajstić information content (AvgIpc) is 3.14. The van der Waals surface area contributed by atoms with Gasteiger partial charge in [-0.05, 0) is 43.6 Å². The van der Waals surface area contributed by atoms with Crippen molar-refractivity contribution in [3.05, 3.63) is 53.3 Å². The van der Waals surface area contributed by atoms with E-state index in [1.165, 1.54) is 11.1 Å². The van der Waals surface area contributed by atoms with Crippen LogP contribution in [0.2, 0.25) is 0 Å². The molecule has 188 valence electrons. The zero-order valence-corrected chi connectivity index (χ0v) is 19.9. The minimum Gasteiger partial charge on any atom is -0.475 e. The smallest absolute Gasteiger partial charge is 0.475 e. The number of benzene rings is 1. The molecular weight excluding hydrogens is 449 g/mol. The van der Waals surface area contributed by atoms with Gasteiger partial charge in [0.1, 0.15) is 0 Å². The van der Waals surface area contributed by atoms with Gasteiger partial charge in [0.15, 0.2) is 0 Å². The standard InChI is InChI=1S/C22H32N4O.C2HF3O2/c1-4-24(5-2)14-19-15-25(17-21-12-13-23-26(21)16-19)22(27)11-10-20-9-7-6-8-18(20)3;3-2(4,5)1(6)7/h6-9,12-13,19H,4-5,10-11,14-17H2,1-3H3;(H,6,7). The van der Waals surface area contributed by atoms with Crippen LogP contribution in [0.15, 0.2) is 36.5 Å². The van der Waals surface area contributed by atoms with E-state index in [0.29, 0.717) is 18.9 Å². The van der Waals surface area contributed by atoms with E-state index in [1.54, 1.807) is 0 Å². The van der Waals surface area contributed by atoms with Crippen LogP contribution in [0.25, 0.3) is 0 Å². The Kier molecular flexibility index (Phi) is 10.1. The molecule has 0 fully saturated rings. The summed E-state index contributed by atoms with van der Waals surface area (Å²) in [5.74, 6) is -2.10. The maximum atomic E-state index is 13.0. The summed E-state index contributed by atoms with van der Waals surface area (Å²) in [4.78, 5) is 26.4. The molecule has 0 spiro atoms. The lowest BCUT2D eigenvalue weighted by molar-refractivity contribution is -0.192. The molecule has 7 nitrogen and oxygen atoms in total. The van der Waals surface area contributed by atoms with Gasteiger partial charge in [-0.1, -0.05) is 38.1 Å². The summed E-state index contributed by atoms with van der Waals surface area (Å²) in [7, 11) is 0. The molecule has 1 amide bonds. The molecule has 1 aromatic carbocycles. The van der Waals surface area contributed by atoms with E-state index in [9.17, 15) is 18.0 Å². The number of carboxylic acid groups (broad SMARTS) is 1. The summed E-state index contributed by atoms with van der Waals surface area (Å²) >= 11 is 0. The Labute approximate surface area is 198 Å². The number of aryl methyl sites for hydroxylation is 2. The molecule has 1 atom stereocenters. The number of nitrogens with zero attached hydrogens (tertiary/aromatic N) is 4. The van der Waals surface area contributed by atoms with E-state index in [0.717, 1.165) is 44.8 Å². The minimum atomic E-state index is -5.08. The molecule has 10 heteroatoms. The summed E-state index contributed by atoms with van der Waals surface area (Å²) in [5, 5.41) is 11.6. The fourth-order valence-corrected chi connectivity index (χ4v) is 3.98. The van der Waals surface area contributed by atoms with Gasteiger partial charge in [0.25, 0.3) is 0 Å². The number of hydrogen-bond donors (Lipinski definition) is 1. The van der Waals surface area contributed by atoms with Gasteiger partial charge in [-0.25, -0.2) is 4.79 Å². The normalized spacial score (nSPS) is 15.9. The number of alkyl halides is 3. The summed E-state index contributed by atoms with van der Waals surface area (Å²) in [5.41, 5.74) is 3.67. The summed E-state index contributed by atoms with van der Waals surface area (Å²) in [6, 6.07) is 10.4. The van der Waals surface area contributed by atoms with Crippen molar-refractivity contribution in [3.63, 3.8) is 0 Å². The van der Waals surface area contributed by atoms with Gasteiger partial charge in [0.05, 0.1) is 12.2 Å². The first-order valence-electron chi connectivity index (χ1n) is 11.4. The quantitative estimate of drug-likeness (QED) is 0.650. The Morgan fingerprint density at radius 2 is 1.79 bits per heavy atom. The summed E-state index contributed by atoms with van der Waals surface area (Å²) in [6.45, 7) is 12.0. The van der Waals surface area contributed by atoms with Crippen LogP contribution in [0, 0.1) is 12.8 Å². The van der Waals surface area contributed by atoms with Crippen LogP contribution < -0.4 is 0 Å². The zero-order chi connectivity index (χ0) is 25.3. The molecule has 1 N–H and O–H groups in total. The van der Waals surface area contributed by atoms with E-state index in [2.05, 4.69) is 59.7 Å². The van der Waals surface area contributed by atoms with Crippen molar-refractivity contribution in [2.45, 2.75) is 52.9 Å². The Hall–Kier alpha value is -2.88. The predicted octanol–water partition coefficient (Wildman–Crippen LogP) is 3.76. The summed E-state index contributed by atoms with van der Waals surface area (Å²) in [6.07, 6.45) is -1.86. The number of carboxylic acids is 1. The van der Waals surface area contributed by atoms with Crippen LogP contribution >= 0.6 is 0 Å². The monoisotopic (exact) mass is 482 g/mol. The molecule has 3 rings (SSSR count). The molecule has 34 heavy (non-hydrogen) atoms. The molecule has 0 saturated carbocycles. The molecular formula is C24H33F3N4O3. The molecule has 0 bridgehead atoms. The minimum absolute atomic E-state index is 0.248. The fourth-order valence-electron chi connectivity index (χ4n) is 3.98. The van der Waals surface area contributed by atoms with Crippen LogP contribution in [-0.4, -0.2) is 68.9 Å². The molecule has 1 unspecified atom stereocenters. The topological polar surface area (TPSA) is 78.7 Å². The predicted molar refractivity (Wildman–Crippen MR) is 122 cm³/mol. The number of carbonyl (C=O) groups is 2. The van der Waals surface area contributed by atoms with Crippen LogP contribution in [0.1, 0.15) is 37.1 Å². The van der Waals surface area contributed by atoms with Crippen molar-refractivity contribution in [3.8, 4) is 0 Å². The number of carbonyl (C=O) groups excluding carboxylic acids is 1. The average molecular weight is 483 g/mol. The third-order valence-electron chi connectivity index (χ3n) is 5.94. The van der Waals surface area contributed by atoms with Crippen molar-refractivity contribution in [2.24, 2.45) is 5.92 Å². The highest BCUT2D eigenvalue weighted by atomic mass is 19.4. The van der Waals surface area contributed by atoms with Crippen LogP contribution in [0.3, 0.4) is 0 Å². The van der Waals surface area contributed by atoms with Gasteiger partial charge in [0, 0.05) is 38.2 Å². The lowest BCUT2D eigenvalue weighted by Gasteiger charge is -2.28. The number of halogens is 3. The fraction of sp³-hybridized carbons (Fsp3) is 0.542. The van der Waals surface area contributed by atoms with Gasteiger partial charge in [-0.3, -0.25) is 9.48 Å². The van der Waals surface area contributed by atoms with Gasteiger partial charge < -0.3 is 14.9 Å². The molecule has 1 aromatic heterocycles. The Bertz CT molecular complexity index is 942. The largest absolute Gasteiger partial charge is 0.490 e. The molecule has 0 radical (unpaired) electrons.